The largest absolute Gasteiger partial charge is 0.393 e. The van der Waals surface area contributed by atoms with Crippen molar-refractivity contribution < 1.29 is 9.90 Å². The number of aliphatic hydroxyl groups excluding tert-OH is 1. The van der Waals surface area contributed by atoms with Crippen LogP contribution in [0.1, 0.15) is 33.1 Å². The predicted molar refractivity (Wildman–Crippen MR) is 66.6 cm³/mol. The molecule has 2 fully saturated rings. The Morgan fingerprint density at radius 1 is 1.47 bits per heavy atom. The SMILES string of the molecule is CC1CC(C(=O)N2CCC(C(C)O)C2)CCN1. The Morgan fingerprint density at radius 2 is 2.24 bits per heavy atom. The van der Waals surface area contributed by atoms with Gasteiger partial charge in [-0.05, 0) is 39.7 Å². The topological polar surface area (TPSA) is 52.6 Å². The van der Waals surface area contributed by atoms with Crippen LogP contribution in [-0.2, 0) is 4.79 Å². The van der Waals surface area contributed by atoms with Gasteiger partial charge in [-0.2, -0.15) is 0 Å². The van der Waals surface area contributed by atoms with Gasteiger partial charge in [0.05, 0.1) is 6.10 Å². The Labute approximate surface area is 103 Å². The molecule has 0 spiro atoms. The summed E-state index contributed by atoms with van der Waals surface area (Å²) < 4.78 is 0. The first-order valence-corrected chi connectivity index (χ1v) is 6.78. The smallest absolute Gasteiger partial charge is 0.225 e. The lowest BCUT2D eigenvalue weighted by Gasteiger charge is -2.30. The van der Waals surface area contributed by atoms with Gasteiger partial charge in [0.1, 0.15) is 0 Å². The number of hydrogen-bond donors (Lipinski definition) is 2. The van der Waals surface area contributed by atoms with Gasteiger partial charge >= 0.3 is 0 Å². The minimum Gasteiger partial charge on any atom is -0.393 e. The average Bonchev–Trinajstić information content (AvgIpc) is 2.77. The molecule has 2 aliphatic heterocycles. The maximum Gasteiger partial charge on any atom is 0.225 e. The van der Waals surface area contributed by atoms with Crippen LogP contribution >= 0.6 is 0 Å². The average molecular weight is 240 g/mol. The van der Waals surface area contributed by atoms with Crippen molar-refractivity contribution in [2.75, 3.05) is 19.6 Å². The van der Waals surface area contributed by atoms with Crippen LogP contribution in [0.5, 0.6) is 0 Å². The molecule has 98 valence electrons. The first-order valence-electron chi connectivity index (χ1n) is 6.78. The molecule has 4 atom stereocenters. The molecule has 2 rings (SSSR count). The fourth-order valence-corrected chi connectivity index (χ4v) is 3.00. The van der Waals surface area contributed by atoms with Crippen molar-refractivity contribution in [1.82, 2.24) is 10.2 Å². The van der Waals surface area contributed by atoms with Gasteiger partial charge in [0, 0.05) is 31.0 Å². The van der Waals surface area contributed by atoms with Crippen molar-refractivity contribution in [2.24, 2.45) is 11.8 Å². The van der Waals surface area contributed by atoms with Crippen LogP contribution in [0.25, 0.3) is 0 Å². The van der Waals surface area contributed by atoms with E-state index in [1.807, 2.05) is 11.8 Å². The molecule has 2 heterocycles. The summed E-state index contributed by atoms with van der Waals surface area (Å²) in [5.41, 5.74) is 0. The summed E-state index contributed by atoms with van der Waals surface area (Å²) >= 11 is 0. The van der Waals surface area contributed by atoms with Gasteiger partial charge in [-0.3, -0.25) is 4.79 Å². The summed E-state index contributed by atoms with van der Waals surface area (Å²) in [5.74, 6) is 0.776. The van der Waals surface area contributed by atoms with E-state index in [1.165, 1.54) is 0 Å². The highest BCUT2D eigenvalue weighted by Gasteiger charge is 2.34. The van der Waals surface area contributed by atoms with Crippen molar-refractivity contribution in [3.05, 3.63) is 0 Å². The third kappa shape index (κ3) is 2.99. The second-order valence-electron chi connectivity index (χ2n) is 5.65. The van der Waals surface area contributed by atoms with Gasteiger partial charge in [0.15, 0.2) is 0 Å². The molecule has 2 saturated heterocycles. The first-order chi connectivity index (χ1) is 8.08. The maximum absolute atomic E-state index is 12.3. The fourth-order valence-electron chi connectivity index (χ4n) is 3.00. The van der Waals surface area contributed by atoms with Crippen LogP contribution in [0.2, 0.25) is 0 Å². The maximum atomic E-state index is 12.3. The van der Waals surface area contributed by atoms with E-state index in [1.54, 1.807) is 0 Å². The zero-order valence-corrected chi connectivity index (χ0v) is 10.9. The van der Waals surface area contributed by atoms with Crippen LogP contribution in [-0.4, -0.2) is 47.7 Å². The van der Waals surface area contributed by atoms with E-state index in [4.69, 9.17) is 0 Å². The van der Waals surface area contributed by atoms with Crippen LogP contribution in [0.15, 0.2) is 0 Å². The second kappa shape index (κ2) is 5.36. The molecule has 4 nitrogen and oxygen atoms in total. The Bertz CT molecular complexity index is 281. The van der Waals surface area contributed by atoms with Crippen LogP contribution < -0.4 is 5.32 Å². The monoisotopic (exact) mass is 240 g/mol. The molecule has 0 aromatic rings. The van der Waals surface area contributed by atoms with Crippen molar-refractivity contribution in [2.45, 2.75) is 45.3 Å². The number of amides is 1. The zero-order chi connectivity index (χ0) is 12.4. The molecule has 2 N–H and O–H groups in total. The number of carbonyl (C=O) groups is 1. The van der Waals surface area contributed by atoms with Gasteiger partial charge in [0.25, 0.3) is 0 Å². The predicted octanol–water partition coefficient (Wildman–Crippen LogP) is 0.604. The third-order valence-electron chi connectivity index (χ3n) is 4.19. The minimum absolute atomic E-state index is 0.194. The Morgan fingerprint density at radius 3 is 2.82 bits per heavy atom. The number of nitrogens with zero attached hydrogens (tertiary/aromatic N) is 1. The van der Waals surface area contributed by atoms with Crippen molar-refractivity contribution in [3.8, 4) is 0 Å². The zero-order valence-electron chi connectivity index (χ0n) is 10.9. The standard InChI is InChI=1S/C13H24N2O2/c1-9-7-11(3-5-14-9)13(17)15-6-4-12(8-15)10(2)16/h9-12,14,16H,3-8H2,1-2H3. The van der Waals surface area contributed by atoms with Gasteiger partial charge < -0.3 is 15.3 Å². The van der Waals surface area contributed by atoms with Crippen LogP contribution in [0, 0.1) is 11.8 Å². The molecule has 0 aromatic heterocycles. The summed E-state index contributed by atoms with van der Waals surface area (Å²) in [7, 11) is 0. The number of hydrogen-bond acceptors (Lipinski definition) is 3. The molecular weight excluding hydrogens is 216 g/mol. The number of nitrogens with one attached hydrogen (secondary N) is 1. The van der Waals surface area contributed by atoms with Gasteiger partial charge in [-0.25, -0.2) is 0 Å². The van der Waals surface area contributed by atoms with E-state index >= 15 is 0 Å². The highest BCUT2D eigenvalue weighted by molar-refractivity contribution is 5.79. The number of carbonyl (C=O) groups excluding carboxylic acids is 1. The van der Waals surface area contributed by atoms with E-state index in [2.05, 4.69) is 12.2 Å². The molecule has 4 heteroatoms. The molecule has 1 amide bonds. The summed E-state index contributed by atoms with van der Waals surface area (Å²) in [5, 5.41) is 12.9. The van der Waals surface area contributed by atoms with E-state index in [9.17, 15) is 9.90 Å². The minimum atomic E-state index is -0.292. The molecule has 0 radical (unpaired) electrons. The van der Waals surface area contributed by atoms with Crippen molar-refractivity contribution >= 4 is 5.91 Å². The van der Waals surface area contributed by atoms with Crippen molar-refractivity contribution in [3.63, 3.8) is 0 Å². The van der Waals surface area contributed by atoms with Crippen LogP contribution in [0.3, 0.4) is 0 Å². The van der Waals surface area contributed by atoms with E-state index in [0.29, 0.717) is 11.9 Å². The van der Waals surface area contributed by atoms with Crippen molar-refractivity contribution in [1.29, 1.82) is 0 Å². The lowest BCUT2D eigenvalue weighted by molar-refractivity contribution is -0.135. The quantitative estimate of drug-likeness (QED) is 0.743. The Hall–Kier alpha value is -0.610. The number of likely N-dealkylation sites (tertiary alicyclic amines) is 1. The second-order valence-corrected chi connectivity index (χ2v) is 5.65. The van der Waals surface area contributed by atoms with E-state index in [0.717, 1.165) is 38.9 Å². The molecule has 17 heavy (non-hydrogen) atoms. The highest BCUT2D eigenvalue weighted by Crippen LogP contribution is 2.25. The molecule has 4 unspecified atom stereocenters. The Kier molecular flexibility index (Phi) is 4.05. The summed E-state index contributed by atoms with van der Waals surface area (Å²) in [4.78, 5) is 14.3. The molecular formula is C13H24N2O2. The third-order valence-corrected chi connectivity index (χ3v) is 4.19. The van der Waals surface area contributed by atoms with Gasteiger partial charge in [-0.1, -0.05) is 0 Å². The molecule has 2 aliphatic rings. The Balaban J connectivity index is 1.88. The first kappa shape index (κ1) is 12.8. The molecule has 0 aliphatic carbocycles. The summed E-state index contributed by atoms with van der Waals surface area (Å²) in [6.07, 6.45) is 2.57. The molecule has 0 bridgehead atoms. The number of piperidine rings is 1. The van der Waals surface area contributed by atoms with Crippen LogP contribution in [0.4, 0.5) is 0 Å². The van der Waals surface area contributed by atoms with Gasteiger partial charge in [0.2, 0.25) is 5.91 Å². The highest BCUT2D eigenvalue weighted by atomic mass is 16.3. The lowest BCUT2D eigenvalue weighted by Crippen LogP contribution is -2.43. The normalized spacial score (nSPS) is 35.9. The number of rotatable bonds is 2. The van der Waals surface area contributed by atoms with Gasteiger partial charge in [-0.15, -0.1) is 0 Å². The molecule has 0 aromatic carbocycles. The number of aliphatic hydroxyl groups is 1. The summed E-state index contributed by atoms with van der Waals surface area (Å²) in [6.45, 7) is 6.49. The molecule has 0 saturated carbocycles. The fraction of sp³-hybridized carbons (Fsp3) is 0.923. The lowest BCUT2D eigenvalue weighted by atomic mass is 9.92. The summed E-state index contributed by atoms with van der Waals surface area (Å²) in [6, 6.07) is 0.452. The van der Waals surface area contributed by atoms with E-state index in [-0.39, 0.29) is 17.9 Å². The van der Waals surface area contributed by atoms with E-state index < -0.39 is 0 Å².